The largest absolute Gasteiger partial charge is 0.466 e. The molecule has 1 rings (SSSR count). The summed E-state index contributed by atoms with van der Waals surface area (Å²) in [6.45, 7) is 17.7. The number of nitrogens with one attached hydrogen (secondary N) is 2. The van der Waals surface area contributed by atoms with Crippen LogP contribution in [0.25, 0.3) is 0 Å². The van der Waals surface area contributed by atoms with Crippen LogP contribution in [0.1, 0.15) is 110 Å². The number of rotatable bonds is 16. The zero-order chi connectivity index (χ0) is 31.2. The van der Waals surface area contributed by atoms with E-state index in [2.05, 4.69) is 17.6 Å². The van der Waals surface area contributed by atoms with E-state index in [4.69, 9.17) is 9.47 Å². The van der Waals surface area contributed by atoms with E-state index in [1.165, 1.54) is 0 Å². The van der Waals surface area contributed by atoms with Crippen LogP contribution in [0.3, 0.4) is 0 Å². The van der Waals surface area contributed by atoms with Crippen LogP contribution in [0.15, 0.2) is 18.2 Å². The Morgan fingerprint density at radius 2 is 1.68 bits per heavy atom. The Labute approximate surface area is 247 Å². The summed E-state index contributed by atoms with van der Waals surface area (Å²) in [5, 5.41) is 5.64. The summed E-state index contributed by atoms with van der Waals surface area (Å²) < 4.78 is 10.5. The van der Waals surface area contributed by atoms with Crippen molar-refractivity contribution in [2.75, 3.05) is 19.7 Å². The minimum Gasteiger partial charge on any atom is -0.466 e. The fraction of sp³-hybridized carbons (Fsp3) is 0.688. The van der Waals surface area contributed by atoms with Gasteiger partial charge in [-0.1, -0.05) is 58.2 Å². The Hall–Kier alpha value is -3.10. The zero-order valence-electron chi connectivity index (χ0n) is 26.7. The van der Waals surface area contributed by atoms with Crippen LogP contribution < -0.4 is 10.6 Å². The summed E-state index contributed by atoms with van der Waals surface area (Å²) in [5.41, 5.74) is 1.89. The lowest BCUT2D eigenvalue weighted by Crippen LogP contribution is -2.53. The number of esters is 1. The van der Waals surface area contributed by atoms with Crippen LogP contribution in [-0.4, -0.2) is 60.1 Å². The SMILES string of the molecule is CCCCCCN(C(=O)C(CC(C)C)NC(=O)OC(C)(C)C)C(C(=O)NCCC(=O)OCC)c1cccc(C)c1C. The number of benzene rings is 1. The Morgan fingerprint density at radius 3 is 2.27 bits per heavy atom. The summed E-state index contributed by atoms with van der Waals surface area (Å²) in [6, 6.07) is 3.88. The normalized spacial score (nSPS) is 12.8. The molecule has 0 fully saturated rings. The van der Waals surface area contributed by atoms with Crippen molar-refractivity contribution in [3.05, 3.63) is 34.9 Å². The predicted molar refractivity (Wildman–Crippen MR) is 161 cm³/mol. The molecule has 0 saturated heterocycles. The van der Waals surface area contributed by atoms with Gasteiger partial charge in [0.2, 0.25) is 11.8 Å². The number of ether oxygens (including phenoxy) is 2. The van der Waals surface area contributed by atoms with Crippen molar-refractivity contribution in [3.63, 3.8) is 0 Å². The lowest BCUT2D eigenvalue weighted by atomic mass is 9.94. The summed E-state index contributed by atoms with van der Waals surface area (Å²) in [6.07, 6.45) is 3.38. The summed E-state index contributed by atoms with van der Waals surface area (Å²) in [5.74, 6) is -1.03. The third-order valence-electron chi connectivity index (χ3n) is 6.67. The van der Waals surface area contributed by atoms with Crippen LogP contribution in [0.4, 0.5) is 4.79 Å². The zero-order valence-corrected chi connectivity index (χ0v) is 26.7. The van der Waals surface area contributed by atoms with Crippen molar-refractivity contribution < 1.29 is 28.7 Å². The molecule has 1 aromatic rings. The number of hydrogen-bond donors (Lipinski definition) is 2. The molecule has 0 heterocycles. The number of amides is 3. The van der Waals surface area contributed by atoms with Crippen LogP contribution in [0.2, 0.25) is 0 Å². The van der Waals surface area contributed by atoms with E-state index in [0.29, 0.717) is 24.9 Å². The first-order valence-corrected chi connectivity index (χ1v) is 15.0. The van der Waals surface area contributed by atoms with E-state index in [1.807, 2.05) is 45.9 Å². The first-order valence-electron chi connectivity index (χ1n) is 15.0. The van der Waals surface area contributed by atoms with E-state index in [0.717, 1.165) is 30.4 Å². The second-order valence-corrected chi connectivity index (χ2v) is 12.0. The fourth-order valence-electron chi connectivity index (χ4n) is 4.56. The van der Waals surface area contributed by atoms with Crippen molar-refractivity contribution in [1.29, 1.82) is 0 Å². The monoisotopic (exact) mass is 575 g/mol. The maximum absolute atomic E-state index is 14.3. The molecule has 41 heavy (non-hydrogen) atoms. The van der Waals surface area contributed by atoms with Gasteiger partial charge in [-0.15, -0.1) is 0 Å². The van der Waals surface area contributed by atoms with Crippen molar-refractivity contribution in [2.45, 2.75) is 119 Å². The minimum absolute atomic E-state index is 0.0275. The van der Waals surface area contributed by atoms with Crippen LogP contribution in [0, 0.1) is 19.8 Å². The average Bonchev–Trinajstić information content (AvgIpc) is 2.86. The first kappa shape index (κ1) is 35.9. The molecule has 0 radical (unpaired) electrons. The molecular weight excluding hydrogens is 522 g/mol. The van der Waals surface area contributed by atoms with Gasteiger partial charge in [0.1, 0.15) is 17.7 Å². The molecule has 9 heteroatoms. The summed E-state index contributed by atoms with van der Waals surface area (Å²) in [7, 11) is 0. The molecule has 0 bridgehead atoms. The molecule has 0 spiro atoms. The van der Waals surface area contributed by atoms with Gasteiger partial charge >= 0.3 is 12.1 Å². The van der Waals surface area contributed by atoms with Gasteiger partial charge in [-0.3, -0.25) is 14.4 Å². The molecule has 0 aliphatic heterocycles. The first-order chi connectivity index (χ1) is 19.2. The van der Waals surface area contributed by atoms with E-state index in [-0.39, 0.29) is 37.3 Å². The van der Waals surface area contributed by atoms with Crippen LogP contribution >= 0.6 is 0 Å². The number of alkyl carbamates (subject to hydrolysis) is 1. The highest BCUT2D eigenvalue weighted by molar-refractivity contribution is 5.92. The van der Waals surface area contributed by atoms with E-state index < -0.39 is 29.7 Å². The Bertz CT molecular complexity index is 1000. The molecule has 232 valence electrons. The molecule has 2 N–H and O–H groups in total. The smallest absolute Gasteiger partial charge is 0.408 e. The van der Waals surface area contributed by atoms with Crippen molar-refractivity contribution in [3.8, 4) is 0 Å². The van der Waals surface area contributed by atoms with E-state index >= 15 is 0 Å². The molecule has 0 aliphatic rings. The number of unbranched alkanes of at least 4 members (excludes halogenated alkanes) is 3. The second kappa shape index (κ2) is 17.7. The quantitative estimate of drug-likeness (QED) is 0.191. The van der Waals surface area contributed by atoms with Gasteiger partial charge in [0, 0.05) is 13.1 Å². The lowest BCUT2D eigenvalue weighted by Gasteiger charge is -2.36. The number of aryl methyl sites for hydroxylation is 1. The van der Waals surface area contributed by atoms with Gasteiger partial charge in [0.25, 0.3) is 0 Å². The predicted octanol–water partition coefficient (Wildman–Crippen LogP) is 5.76. The maximum Gasteiger partial charge on any atom is 0.408 e. The van der Waals surface area contributed by atoms with E-state index in [1.54, 1.807) is 32.6 Å². The van der Waals surface area contributed by atoms with Crippen molar-refractivity contribution >= 4 is 23.9 Å². The Kier molecular flexibility index (Phi) is 15.5. The highest BCUT2D eigenvalue weighted by atomic mass is 16.6. The molecule has 9 nitrogen and oxygen atoms in total. The highest BCUT2D eigenvalue weighted by Crippen LogP contribution is 2.28. The number of hydrogen-bond acceptors (Lipinski definition) is 6. The van der Waals surface area contributed by atoms with Gasteiger partial charge in [0.05, 0.1) is 13.0 Å². The lowest BCUT2D eigenvalue weighted by molar-refractivity contribution is -0.144. The second-order valence-electron chi connectivity index (χ2n) is 12.0. The number of carbonyl (C=O) groups excluding carboxylic acids is 4. The van der Waals surface area contributed by atoms with Crippen molar-refractivity contribution in [2.24, 2.45) is 5.92 Å². The highest BCUT2D eigenvalue weighted by Gasteiger charge is 2.37. The molecule has 0 aromatic heterocycles. The van der Waals surface area contributed by atoms with Gasteiger partial charge < -0.3 is 25.0 Å². The minimum atomic E-state index is -0.943. The fourth-order valence-corrected chi connectivity index (χ4v) is 4.56. The third-order valence-corrected chi connectivity index (χ3v) is 6.67. The number of carbonyl (C=O) groups is 4. The molecule has 0 aliphatic carbocycles. The summed E-state index contributed by atoms with van der Waals surface area (Å²) in [4.78, 5) is 54.5. The molecule has 3 amide bonds. The molecule has 2 atom stereocenters. The maximum atomic E-state index is 14.3. The average molecular weight is 576 g/mol. The van der Waals surface area contributed by atoms with E-state index in [9.17, 15) is 19.2 Å². The Morgan fingerprint density at radius 1 is 1.00 bits per heavy atom. The summed E-state index contributed by atoms with van der Waals surface area (Å²) >= 11 is 0. The van der Waals surface area contributed by atoms with Crippen molar-refractivity contribution in [1.82, 2.24) is 15.5 Å². The molecule has 2 unspecified atom stereocenters. The van der Waals surface area contributed by atoms with Gasteiger partial charge in [-0.05, 0) is 77.0 Å². The Balaban J connectivity index is 3.52. The molecular formula is C32H53N3O6. The number of nitrogens with zero attached hydrogens (tertiary/aromatic N) is 1. The third kappa shape index (κ3) is 13.0. The molecule has 0 saturated carbocycles. The molecule has 1 aromatic carbocycles. The van der Waals surface area contributed by atoms with Gasteiger partial charge in [-0.2, -0.15) is 0 Å². The van der Waals surface area contributed by atoms with Gasteiger partial charge in [0.15, 0.2) is 0 Å². The standard InChI is InChI=1S/C32H53N3O6/c1-10-12-13-14-20-35(30(38)26(21-22(3)4)34-31(39)41-32(7,8)9)28(25-17-15-16-23(5)24(25)6)29(37)33-19-18-27(36)40-11-2/h15-17,22,26,28H,10-14,18-21H2,1-9H3,(H,33,37)(H,34,39). The van der Waals surface area contributed by atoms with Crippen LogP contribution in [0.5, 0.6) is 0 Å². The van der Waals surface area contributed by atoms with Crippen LogP contribution in [-0.2, 0) is 23.9 Å². The topological polar surface area (TPSA) is 114 Å². The van der Waals surface area contributed by atoms with Gasteiger partial charge in [-0.25, -0.2) is 4.79 Å².